The van der Waals surface area contributed by atoms with Gasteiger partial charge in [0.15, 0.2) is 0 Å². The number of rotatable bonds is 2. The number of aryl methyl sites for hydroxylation is 1. The lowest BCUT2D eigenvalue weighted by Gasteiger charge is -2.01. The molecule has 1 nitrogen and oxygen atoms in total. The molecule has 0 aromatic heterocycles. The van der Waals surface area contributed by atoms with Crippen LogP contribution in [0.15, 0.2) is 22.7 Å². The molecule has 0 fully saturated rings. The van der Waals surface area contributed by atoms with E-state index in [4.69, 9.17) is 0 Å². The highest BCUT2D eigenvalue weighted by molar-refractivity contribution is 9.10. The average molecular weight is 227 g/mol. The predicted molar refractivity (Wildman–Crippen MR) is 53.3 cm³/mol. The monoisotopic (exact) mass is 226 g/mol. The quantitative estimate of drug-likeness (QED) is 0.759. The maximum Gasteiger partial charge on any atom is 0.134 e. The lowest BCUT2D eigenvalue weighted by atomic mass is 10.1. The van der Waals surface area contributed by atoms with E-state index in [1.807, 2.05) is 25.1 Å². The molecule has 0 bridgehead atoms. The summed E-state index contributed by atoms with van der Waals surface area (Å²) in [5, 5.41) is 0. The number of hydrogen-bond donors (Lipinski definition) is 0. The first-order valence-corrected chi connectivity index (χ1v) is 4.63. The molecule has 0 aliphatic heterocycles. The topological polar surface area (TPSA) is 17.1 Å². The molecular formula is C10H11BrO. The molecule has 1 aromatic carbocycles. The van der Waals surface area contributed by atoms with Gasteiger partial charge in [-0.1, -0.05) is 28.1 Å². The van der Waals surface area contributed by atoms with Crippen LogP contribution in [-0.4, -0.2) is 5.78 Å². The molecule has 2 heteroatoms. The molecule has 0 atom stereocenters. The Bertz CT molecular complexity index is 305. The molecule has 0 unspecified atom stereocenters. The van der Waals surface area contributed by atoms with E-state index in [9.17, 15) is 4.79 Å². The minimum absolute atomic E-state index is 0.200. The van der Waals surface area contributed by atoms with Gasteiger partial charge < -0.3 is 0 Å². The van der Waals surface area contributed by atoms with Crippen LogP contribution >= 0.6 is 15.9 Å². The van der Waals surface area contributed by atoms with Crippen LogP contribution < -0.4 is 0 Å². The van der Waals surface area contributed by atoms with Crippen molar-refractivity contribution in [3.8, 4) is 0 Å². The van der Waals surface area contributed by atoms with E-state index in [-0.39, 0.29) is 5.78 Å². The summed E-state index contributed by atoms with van der Waals surface area (Å²) in [5.41, 5.74) is 2.27. The number of halogens is 1. The maximum absolute atomic E-state index is 10.8. The predicted octanol–water partition coefficient (Wildman–Crippen LogP) is 2.89. The fourth-order valence-corrected chi connectivity index (χ4v) is 1.46. The molecule has 0 saturated carbocycles. The number of carbonyl (C=O) groups excluding carboxylic acids is 1. The molecule has 0 heterocycles. The highest BCUT2D eigenvalue weighted by Gasteiger charge is 1.99. The minimum Gasteiger partial charge on any atom is -0.300 e. The maximum atomic E-state index is 10.8. The second-order valence-electron chi connectivity index (χ2n) is 2.96. The van der Waals surface area contributed by atoms with Gasteiger partial charge in [-0.15, -0.1) is 0 Å². The second kappa shape index (κ2) is 3.85. The van der Waals surface area contributed by atoms with Crippen molar-refractivity contribution in [2.45, 2.75) is 20.3 Å². The molecule has 0 spiro atoms. The standard InChI is InChI=1S/C10H11BrO/c1-7-3-4-9(5-8(2)12)6-10(7)11/h3-4,6H,5H2,1-2H3. The Morgan fingerprint density at radius 1 is 1.50 bits per heavy atom. The Kier molecular flexibility index (Phi) is 3.04. The van der Waals surface area contributed by atoms with Gasteiger partial charge in [-0.2, -0.15) is 0 Å². The first-order valence-electron chi connectivity index (χ1n) is 3.84. The first kappa shape index (κ1) is 9.46. The number of hydrogen-bond acceptors (Lipinski definition) is 1. The lowest BCUT2D eigenvalue weighted by molar-refractivity contribution is -0.116. The Hall–Kier alpha value is -0.630. The van der Waals surface area contributed by atoms with Crippen LogP contribution in [0.5, 0.6) is 0 Å². The molecule has 12 heavy (non-hydrogen) atoms. The SMILES string of the molecule is CC(=O)Cc1ccc(C)c(Br)c1. The Morgan fingerprint density at radius 3 is 2.67 bits per heavy atom. The molecule has 0 N–H and O–H groups in total. The fraction of sp³-hybridized carbons (Fsp3) is 0.300. The van der Waals surface area contributed by atoms with Gasteiger partial charge in [-0.25, -0.2) is 0 Å². The Morgan fingerprint density at radius 2 is 2.17 bits per heavy atom. The van der Waals surface area contributed by atoms with Crippen molar-refractivity contribution in [1.29, 1.82) is 0 Å². The molecule has 64 valence electrons. The van der Waals surface area contributed by atoms with Crippen LogP contribution in [0, 0.1) is 6.92 Å². The molecule has 0 aliphatic carbocycles. The van der Waals surface area contributed by atoms with Crippen molar-refractivity contribution in [3.63, 3.8) is 0 Å². The first-order chi connectivity index (χ1) is 5.59. The molecule has 1 rings (SSSR count). The van der Waals surface area contributed by atoms with E-state index in [1.165, 1.54) is 5.56 Å². The third-order valence-corrected chi connectivity index (χ3v) is 2.54. The summed E-state index contributed by atoms with van der Waals surface area (Å²) in [6.45, 7) is 3.63. The van der Waals surface area contributed by atoms with Crippen LogP contribution in [0.25, 0.3) is 0 Å². The third-order valence-electron chi connectivity index (χ3n) is 1.69. The summed E-state index contributed by atoms with van der Waals surface area (Å²) >= 11 is 3.42. The van der Waals surface area contributed by atoms with E-state index in [0.717, 1.165) is 10.0 Å². The summed E-state index contributed by atoms with van der Waals surface area (Å²) in [7, 11) is 0. The lowest BCUT2D eigenvalue weighted by Crippen LogP contribution is -1.96. The summed E-state index contributed by atoms with van der Waals surface area (Å²) in [6.07, 6.45) is 0.527. The number of Topliss-reactive ketones (excluding diaryl/α,β-unsaturated/α-hetero) is 1. The van der Waals surface area contributed by atoms with Crippen molar-refractivity contribution in [1.82, 2.24) is 0 Å². The Balaban J connectivity index is 2.89. The van der Waals surface area contributed by atoms with E-state index >= 15 is 0 Å². The van der Waals surface area contributed by atoms with Gasteiger partial charge in [0.1, 0.15) is 5.78 Å². The van der Waals surface area contributed by atoms with Gasteiger partial charge in [0.05, 0.1) is 0 Å². The van der Waals surface area contributed by atoms with E-state index < -0.39 is 0 Å². The van der Waals surface area contributed by atoms with E-state index in [0.29, 0.717) is 6.42 Å². The highest BCUT2D eigenvalue weighted by atomic mass is 79.9. The van der Waals surface area contributed by atoms with E-state index in [2.05, 4.69) is 15.9 Å². The number of ketones is 1. The van der Waals surface area contributed by atoms with Gasteiger partial charge >= 0.3 is 0 Å². The third kappa shape index (κ3) is 2.45. The zero-order valence-electron chi connectivity index (χ0n) is 7.23. The van der Waals surface area contributed by atoms with Crippen LogP contribution in [0.3, 0.4) is 0 Å². The van der Waals surface area contributed by atoms with Crippen molar-refractivity contribution in [3.05, 3.63) is 33.8 Å². The van der Waals surface area contributed by atoms with Crippen LogP contribution in [0.2, 0.25) is 0 Å². The molecule has 0 amide bonds. The van der Waals surface area contributed by atoms with Crippen molar-refractivity contribution in [2.75, 3.05) is 0 Å². The molecule has 0 saturated heterocycles. The van der Waals surface area contributed by atoms with Crippen molar-refractivity contribution >= 4 is 21.7 Å². The van der Waals surface area contributed by atoms with Gasteiger partial charge in [-0.05, 0) is 31.0 Å². The van der Waals surface area contributed by atoms with Crippen LogP contribution in [0.1, 0.15) is 18.1 Å². The van der Waals surface area contributed by atoms with E-state index in [1.54, 1.807) is 6.92 Å². The summed E-state index contributed by atoms with van der Waals surface area (Å²) in [4.78, 5) is 10.8. The summed E-state index contributed by atoms with van der Waals surface area (Å²) in [6, 6.07) is 6.00. The van der Waals surface area contributed by atoms with Crippen LogP contribution in [0.4, 0.5) is 0 Å². The van der Waals surface area contributed by atoms with Gasteiger partial charge in [0.25, 0.3) is 0 Å². The fourth-order valence-electron chi connectivity index (χ4n) is 1.03. The number of carbonyl (C=O) groups is 1. The highest BCUT2D eigenvalue weighted by Crippen LogP contribution is 2.17. The second-order valence-corrected chi connectivity index (χ2v) is 3.82. The minimum atomic E-state index is 0.200. The van der Waals surface area contributed by atoms with Gasteiger partial charge in [0.2, 0.25) is 0 Å². The Labute approximate surface area is 80.9 Å². The largest absolute Gasteiger partial charge is 0.300 e. The molecule has 0 aliphatic rings. The zero-order chi connectivity index (χ0) is 9.14. The van der Waals surface area contributed by atoms with Gasteiger partial charge in [0, 0.05) is 10.9 Å². The van der Waals surface area contributed by atoms with Gasteiger partial charge in [-0.3, -0.25) is 4.79 Å². The summed E-state index contributed by atoms with van der Waals surface area (Å²) in [5.74, 6) is 0.200. The average Bonchev–Trinajstić information content (AvgIpc) is 1.96. The number of benzene rings is 1. The van der Waals surface area contributed by atoms with Crippen molar-refractivity contribution < 1.29 is 4.79 Å². The van der Waals surface area contributed by atoms with Crippen LogP contribution in [-0.2, 0) is 11.2 Å². The molecule has 0 radical (unpaired) electrons. The van der Waals surface area contributed by atoms with Crippen molar-refractivity contribution in [2.24, 2.45) is 0 Å². The molecule has 1 aromatic rings. The molecular weight excluding hydrogens is 216 g/mol. The normalized spacial score (nSPS) is 9.92. The smallest absolute Gasteiger partial charge is 0.134 e. The zero-order valence-corrected chi connectivity index (χ0v) is 8.81. The summed E-state index contributed by atoms with van der Waals surface area (Å²) < 4.78 is 1.07.